The van der Waals surface area contributed by atoms with Crippen molar-refractivity contribution >= 4 is 52.6 Å². The van der Waals surface area contributed by atoms with Crippen LogP contribution in [-0.4, -0.2) is 73.7 Å². The largest absolute Gasteiger partial charge is 0.477 e. The monoisotopic (exact) mass is 426 g/mol. The number of thioether (sulfide) groups is 2. The van der Waals surface area contributed by atoms with Crippen molar-refractivity contribution in [2.24, 2.45) is 5.73 Å². The molecule has 2 amide bonds. The van der Waals surface area contributed by atoms with Crippen LogP contribution in [0.5, 0.6) is 0 Å². The summed E-state index contributed by atoms with van der Waals surface area (Å²) in [5.41, 5.74) is 8.55. The van der Waals surface area contributed by atoms with Crippen molar-refractivity contribution in [1.29, 1.82) is 0 Å². The molecule has 3 aliphatic rings. The lowest BCUT2D eigenvalue weighted by molar-refractivity contribution is -0.147. The average Bonchev–Trinajstić information content (AvgIpc) is 3.36. The molecular formula is C16H18N4O4S3. The summed E-state index contributed by atoms with van der Waals surface area (Å²) < 4.78 is 0.780. The third kappa shape index (κ3) is 3.26. The van der Waals surface area contributed by atoms with Gasteiger partial charge in [-0.1, -0.05) is 0 Å². The van der Waals surface area contributed by atoms with E-state index in [0.29, 0.717) is 22.8 Å². The number of carbonyl (C=O) groups is 3. The fourth-order valence-corrected chi connectivity index (χ4v) is 6.72. The first kappa shape index (κ1) is 18.8. The summed E-state index contributed by atoms with van der Waals surface area (Å²) in [6.45, 7) is 1.51. The number of nitrogens with two attached hydrogens (primary N) is 1. The molecule has 0 spiro atoms. The number of carboxylic acid groups (broad SMARTS) is 1. The molecule has 1 aromatic rings. The Morgan fingerprint density at radius 2 is 2.11 bits per heavy atom. The number of nitrogens with zero attached hydrogens (tertiary/aromatic N) is 3. The van der Waals surface area contributed by atoms with Crippen molar-refractivity contribution in [2.45, 2.75) is 28.5 Å². The van der Waals surface area contributed by atoms with Gasteiger partial charge in [0.25, 0.3) is 5.91 Å². The van der Waals surface area contributed by atoms with Gasteiger partial charge in [-0.2, -0.15) is 0 Å². The van der Waals surface area contributed by atoms with Crippen molar-refractivity contribution < 1.29 is 19.5 Å². The van der Waals surface area contributed by atoms with Gasteiger partial charge in [0.1, 0.15) is 17.1 Å². The minimum atomic E-state index is -1.12. The van der Waals surface area contributed by atoms with Gasteiger partial charge < -0.3 is 15.7 Å². The molecule has 144 valence electrons. The van der Waals surface area contributed by atoms with E-state index in [1.807, 2.05) is 4.90 Å². The molecule has 8 nitrogen and oxygen atoms in total. The van der Waals surface area contributed by atoms with Gasteiger partial charge in [-0.05, 0) is 18.4 Å². The number of amides is 2. The predicted molar refractivity (Wildman–Crippen MR) is 104 cm³/mol. The fourth-order valence-electron chi connectivity index (χ4n) is 3.39. The Morgan fingerprint density at radius 3 is 2.81 bits per heavy atom. The molecule has 0 radical (unpaired) electrons. The average molecular weight is 427 g/mol. The first-order chi connectivity index (χ1) is 13.0. The number of β-lactam (4-membered cyclic amide) rings is 1. The molecule has 0 bridgehead atoms. The van der Waals surface area contributed by atoms with Crippen LogP contribution in [0.25, 0.3) is 0 Å². The maximum absolute atomic E-state index is 12.6. The van der Waals surface area contributed by atoms with Gasteiger partial charge in [0, 0.05) is 24.6 Å². The van der Waals surface area contributed by atoms with Crippen molar-refractivity contribution in [3.63, 3.8) is 0 Å². The maximum Gasteiger partial charge on any atom is 0.352 e. The molecule has 27 heavy (non-hydrogen) atoms. The minimum Gasteiger partial charge on any atom is -0.477 e. The molecule has 11 heteroatoms. The van der Waals surface area contributed by atoms with Crippen molar-refractivity contribution in [2.75, 3.05) is 24.6 Å². The summed E-state index contributed by atoms with van der Waals surface area (Å²) >= 11 is 4.26. The number of carboxylic acids is 1. The van der Waals surface area contributed by atoms with E-state index in [9.17, 15) is 19.5 Å². The molecule has 0 aromatic carbocycles. The number of carbonyl (C=O) groups excluding carboxylic acids is 2. The predicted octanol–water partition coefficient (Wildman–Crippen LogP) is 1.05. The molecule has 1 aromatic heterocycles. The maximum atomic E-state index is 12.6. The molecule has 3 aliphatic heterocycles. The van der Waals surface area contributed by atoms with Crippen molar-refractivity contribution in [3.05, 3.63) is 22.5 Å². The second-order valence-corrected chi connectivity index (χ2v) is 9.67. The van der Waals surface area contributed by atoms with E-state index in [1.165, 1.54) is 39.8 Å². The highest BCUT2D eigenvalue weighted by Gasteiger charge is 2.51. The second-order valence-electron chi connectivity index (χ2n) is 6.47. The van der Waals surface area contributed by atoms with Crippen LogP contribution in [0.1, 0.15) is 23.3 Å². The summed E-state index contributed by atoms with van der Waals surface area (Å²) in [4.78, 5) is 43.7. The lowest BCUT2D eigenvalue weighted by Gasteiger charge is -2.48. The van der Waals surface area contributed by atoms with E-state index >= 15 is 0 Å². The van der Waals surface area contributed by atoms with E-state index in [2.05, 4.69) is 4.98 Å². The van der Waals surface area contributed by atoms with Crippen LogP contribution >= 0.6 is 34.9 Å². The Bertz CT molecular complexity index is 833. The number of fused-ring (bicyclic) bond motifs is 1. The lowest BCUT2D eigenvalue weighted by atomic mass is 10.0. The lowest BCUT2D eigenvalue weighted by Crippen LogP contribution is -2.68. The summed E-state index contributed by atoms with van der Waals surface area (Å²) in [6.07, 6.45) is 2.02. The van der Waals surface area contributed by atoms with E-state index in [-0.39, 0.29) is 22.9 Å². The topological polar surface area (TPSA) is 117 Å². The Labute approximate surface area is 168 Å². The van der Waals surface area contributed by atoms with Gasteiger partial charge in [-0.3, -0.25) is 14.5 Å². The van der Waals surface area contributed by atoms with Crippen LogP contribution < -0.4 is 5.73 Å². The highest BCUT2D eigenvalue weighted by molar-refractivity contribution is 8.02. The van der Waals surface area contributed by atoms with Crippen LogP contribution in [0.15, 0.2) is 21.0 Å². The number of aromatic nitrogens is 1. The quantitative estimate of drug-likeness (QED) is 0.530. The Kier molecular flexibility index (Phi) is 5.19. The van der Waals surface area contributed by atoms with Crippen molar-refractivity contribution in [1.82, 2.24) is 14.8 Å². The molecule has 1 unspecified atom stereocenters. The number of thiazole rings is 1. The first-order valence-electron chi connectivity index (χ1n) is 8.50. The van der Waals surface area contributed by atoms with Crippen molar-refractivity contribution in [3.8, 4) is 0 Å². The van der Waals surface area contributed by atoms with Gasteiger partial charge in [-0.25, -0.2) is 9.78 Å². The number of likely N-dealkylation sites (tertiary alicyclic amines) is 1. The van der Waals surface area contributed by atoms with Gasteiger partial charge in [-0.15, -0.1) is 34.9 Å². The zero-order chi connectivity index (χ0) is 19.1. The van der Waals surface area contributed by atoms with Crippen LogP contribution in [0.2, 0.25) is 0 Å². The summed E-state index contributed by atoms with van der Waals surface area (Å²) in [6, 6.07) is -0.635. The first-order valence-corrected chi connectivity index (χ1v) is 11.4. The van der Waals surface area contributed by atoms with Gasteiger partial charge >= 0.3 is 5.97 Å². The second kappa shape index (κ2) is 7.46. The summed E-state index contributed by atoms with van der Waals surface area (Å²) in [5.74, 6) is -0.636. The van der Waals surface area contributed by atoms with Crippen LogP contribution in [-0.2, 0) is 9.59 Å². The molecule has 2 atom stereocenters. The van der Waals surface area contributed by atoms with E-state index in [4.69, 9.17) is 5.73 Å². The molecule has 4 rings (SSSR count). The summed E-state index contributed by atoms with van der Waals surface area (Å²) in [5, 5.41) is 9.30. The standard InChI is InChI=1S/C16H18N4O4S3/c17-9-12(21)20-11(15(23)24)8(5-25-14(9)20)6-26-16-10(18-7-27-16)13(22)19-3-1-2-4-19/h7,9,14H,1-6,17H2,(H,23,24)/t9?,14-/m1/s1. The fraction of sp³-hybridized carbons (Fsp3) is 0.500. The molecular weight excluding hydrogens is 408 g/mol. The number of rotatable bonds is 5. The van der Waals surface area contributed by atoms with E-state index in [1.54, 1.807) is 5.51 Å². The zero-order valence-electron chi connectivity index (χ0n) is 14.3. The molecule has 0 aliphatic carbocycles. The van der Waals surface area contributed by atoms with E-state index in [0.717, 1.165) is 30.1 Å². The Hall–Kier alpha value is -1.56. The van der Waals surface area contributed by atoms with E-state index < -0.39 is 12.0 Å². The highest BCUT2D eigenvalue weighted by atomic mass is 32.2. The minimum absolute atomic E-state index is 0.0369. The zero-order valence-corrected chi connectivity index (χ0v) is 16.7. The normalized spacial score (nSPS) is 24.9. The number of aliphatic carboxylic acids is 1. The Morgan fingerprint density at radius 1 is 1.37 bits per heavy atom. The molecule has 2 fully saturated rings. The molecule has 2 saturated heterocycles. The number of hydrogen-bond acceptors (Lipinski definition) is 8. The molecule has 4 heterocycles. The smallest absolute Gasteiger partial charge is 0.352 e. The molecule has 0 saturated carbocycles. The highest BCUT2D eigenvalue weighted by Crippen LogP contribution is 2.41. The van der Waals surface area contributed by atoms with Crippen LogP contribution in [0.4, 0.5) is 0 Å². The van der Waals surface area contributed by atoms with Gasteiger partial charge in [0.05, 0.1) is 9.72 Å². The third-order valence-electron chi connectivity index (χ3n) is 4.80. The van der Waals surface area contributed by atoms with Gasteiger partial charge in [0.2, 0.25) is 5.91 Å². The third-order valence-corrected chi connectivity index (χ3v) is 8.37. The number of hydrogen-bond donors (Lipinski definition) is 2. The SMILES string of the molecule is NC1C(=O)N2C(C(=O)O)=C(CSc3scnc3C(=O)N3CCCC3)CS[C@H]12. The van der Waals surface area contributed by atoms with Crippen LogP contribution in [0, 0.1) is 0 Å². The summed E-state index contributed by atoms with van der Waals surface area (Å²) in [7, 11) is 0. The Balaban J connectivity index is 1.52. The van der Waals surface area contributed by atoms with Gasteiger partial charge in [0.15, 0.2) is 5.69 Å². The molecule has 3 N–H and O–H groups in total. The van der Waals surface area contributed by atoms with Crippen LogP contribution in [0.3, 0.4) is 0 Å².